The molecule has 0 saturated carbocycles. The zero-order valence-electron chi connectivity index (χ0n) is 6.58. The first-order valence-electron chi connectivity index (χ1n) is 3.54. The maximum Gasteiger partial charge on any atom is 0.410 e. The highest BCUT2D eigenvalue weighted by molar-refractivity contribution is 8.02. The number of halogens is 3. The van der Waals surface area contributed by atoms with E-state index in [4.69, 9.17) is 0 Å². The molecule has 0 heterocycles. The van der Waals surface area contributed by atoms with Crippen LogP contribution in [-0.2, 0) is 0 Å². The molecule has 4 heteroatoms. The van der Waals surface area contributed by atoms with Crippen molar-refractivity contribution in [3.05, 3.63) is 41.8 Å². The van der Waals surface area contributed by atoms with E-state index in [2.05, 4.69) is 0 Å². The Morgan fingerprint density at radius 3 is 2.23 bits per heavy atom. The molecule has 0 fully saturated rings. The lowest BCUT2D eigenvalue weighted by Gasteiger charge is -1.97. The molecule has 0 spiro atoms. The predicted octanol–water partition coefficient (Wildman–Crippen LogP) is 3.85. The van der Waals surface area contributed by atoms with E-state index in [0.717, 1.165) is 22.1 Å². The van der Waals surface area contributed by atoms with Crippen LogP contribution in [0.25, 0.3) is 0 Å². The van der Waals surface area contributed by atoms with E-state index in [1.807, 2.05) is 6.07 Å². The summed E-state index contributed by atoms with van der Waals surface area (Å²) in [6, 6.07) is 8.89. The van der Waals surface area contributed by atoms with Gasteiger partial charge in [0.25, 0.3) is 0 Å². The molecule has 1 aromatic rings. The minimum atomic E-state index is -4.22. The highest BCUT2D eigenvalue weighted by atomic mass is 32.2. The van der Waals surface area contributed by atoms with E-state index in [0.29, 0.717) is 0 Å². The first-order chi connectivity index (χ1) is 6.08. The molecule has 1 rings (SSSR count). The predicted molar refractivity (Wildman–Crippen MR) is 47.5 cm³/mol. The van der Waals surface area contributed by atoms with E-state index in [9.17, 15) is 13.2 Å². The van der Waals surface area contributed by atoms with Crippen molar-refractivity contribution < 1.29 is 13.2 Å². The first kappa shape index (κ1) is 10.2. The normalized spacial score (nSPS) is 12.2. The zero-order chi connectivity index (χ0) is 9.73. The molecule has 0 nitrogen and oxygen atoms in total. The van der Waals surface area contributed by atoms with Gasteiger partial charge in [0.15, 0.2) is 0 Å². The monoisotopic (exact) mass is 204 g/mol. The molecule has 0 aliphatic rings. The van der Waals surface area contributed by atoms with Gasteiger partial charge >= 0.3 is 6.18 Å². The van der Waals surface area contributed by atoms with Crippen molar-refractivity contribution in [2.75, 3.05) is 0 Å². The molecule has 0 unspecified atom stereocenters. The Bertz CT molecular complexity index is 277. The molecule has 0 saturated heterocycles. The summed E-state index contributed by atoms with van der Waals surface area (Å²) in [5.74, 6) is 0. The minimum absolute atomic E-state index is 0.227. The number of thioether (sulfide) groups is 1. The van der Waals surface area contributed by atoms with E-state index in [1.54, 1.807) is 24.3 Å². The first-order valence-corrected chi connectivity index (χ1v) is 4.42. The Morgan fingerprint density at radius 1 is 1.08 bits per heavy atom. The summed E-state index contributed by atoms with van der Waals surface area (Å²) < 4.78 is 35.0. The number of hydrogen-bond acceptors (Lipinski definition) is 1. The van der Waals surface area contributed by atoms with E-state index in [1.165, 1.54) is 0 Å². The topological polar surface area (TPSA) is 0 Å². The molecule has 0 bridgehead atoms. The Hall–Kier alpha value is -0.900. The van der Waals surface area contributed by atoms with Gasteiger partial charge in [0.1, 0.15) is 0 Å². The van der Waals surface area contributed by atoms with Gasteiger partial charge in [-0.25, -0.2) is 0 Å². The van der Waals surface area contributed by atoms with Gasteiger partial charge in [-0.2, -0.15) is 13.2 Å². The third kappa shape index (κ3) is 4.62. The van der Waals surface area contributed by atoms with Crippen molar-refractivity contribution in [1.29, 1.82) is 0 Å². The van der Waals surface area contributed by atoms with Crippen molar-refractivity contribution >= 4 is 11.8 Å². The van der Waals surface area contributed by atoms with Crippen LogP contribution in [0.3, 0.4) is 0 Å². The number of rotatable bonds is 2. The Kier molecular flexibility index (Phi) is 3.42. The standard InChI is InChI=1S/C9H7F3S/c10-9(11,12)6-7-13-8-4-2-1-3-5-8/h1-7H. The zero-order valence-corrected chi connectivity index (χ0v) is 7.40. The number of hydrogen-bond donors (Lipinski definition) is 0. The second-order valence-electron chi connectivity index (χ2n) is 2.28. The SMILES string of the molecule is FC(F)(F)C=CSc1ccccc1. The molecule has 0 radical (unpaired) electrons. The Morgan fingerprint density at radius 2 is 1.69 bits per heavy atom. The summed E-state index contributed by atoms with van der Waals surface area (Å²) in [4.78, 5) is 0.794. The van der Waals surface area contributed by atoms with Crippen molar-refractivity contribution in [2.24, 2.45) is 0 Å². The Balaban J connectivity index is 2.49. The van der Waals surface area contributed by atoms with Gasteiger partial charge in [-0.05, 0) is 17.5 Å². The highest BCUT2D eigenvalue weighted by Gasteiger charge is 2.21. The summed E-state index contributed by atoms with van der Waals surface area (Å²) in [6.07, 6.45) is -3.99. The maximum atomic E-state index is 11.7. The third-order valence-corrected chi connectivity index (χ3v) is 2.02. The third-order valence-electron chi connectivity index (χ3n) is 1.20. The quantitative estimate of drug-likeness (QED) is 0.659. The molecular weight excluding hydrogens is 197 g/mol. The van der Waals surface area contributed by atoms with Gasteiger partial charge < -0.3 is 0 Å². The second kappa shape index (κ2) is 4.37. The lowest BCUT2D eigenvalue weighted by Crippen LogP contribution is -1.99. The maximum absolute atomic E-state index is 11.7. The number of alkyl halides is 3. The Labute approximate surface area is 78.5 Å². The van der Waals surface area contributed by atoms with Crippen LogP contribution in [-0.4, -0.2) is 6.18 Å². The van der Waals surface area contributed by atoms with Gasteiger partial charge in [0, 0.05) is 11.0 Å². The lowest BCUT2D eigenvalue weighted by atomic mass is 10.4. The van der Waals surface area contributed by atoms with Crippen LogP contribution in [0, 0.1) is 0 Å². The fraction of sp³-hybridized carbons (Fsp3) is 0.111. The van der Waals surface area contributed by atoms with Crippen LogP contribution in [0.5, 0.6) is 0 Å². The number of benzene rings is 1. The molecular formula is C9H7F3S. The van der Waals surface area contributed by atoms with Gasteiger partial charge in [-0.15, -0.1) is 0 Å². The van der Waals surface area contributed by atoms with Crippen LogP contribution in [0.2, 0.25) is 0 Å². The molecule has 0 atom stereocenters. The smallest absolute Gasteiger partial charge is 0.167 e. The lowest BCUT2D eigenvalue weighted by molar-refractivity contribution is -0.0796. The molecule has 0 N–H and O–H groups in total. The molecule has 0 amide bonds. The van der Waals surface area contributed by atoms with E-state index < -0.39 is 6.18 Å². The van der Waals surface area contributed by atoms with E-state index in [-0.39, 0.29) is 6.08 Å². The van der Waals surface area contributed by atoms with Gasteiger partial charge in [-0.3, -0.25) is 0 Å². The fourth-order valence-corrected chi connectivity index (χ4v) is 1.38. The second-order valence-corrected chi connectivity index (χ2v) is 3.25. The van der Waals surface area contributed by atoms with Gasteiger partial charge in [0.05, 0.1) is 0 Å². The van der Waals surface area contributed by atoms with Crippen molar-refractivity contribution in [3.8, 4) is 0 Å². The van der Waals surface area contributed by atoms with Gasteiger partial charge in [0.2, 0.25) is 0 Å². The number of allylic oxidation sites excluding steroid dienone is 1. The average Bonchev–Trinajstić information content (AvgIpc) is 2.04. The molecule has 70 valence electrons. The fourth-order valence-electron chi connectivity index (χ4n) is 0.689. The van der Waals surface area contributed by atoms with E-state index >= 15 is 0 Å². The van der Waals surface area contributed by atoms with Crippen LogP contribution in [0.4, 0.5) is 13.2 Å². The summed E-state index contributed by atoms with van der Waals surface area (Å²) in [6.45, 7) is 0. The van der Waals surface area contributed by atoms with Crippen LogP contribution < -0.4 is 0 Å². The highest BCUT2D eigenvalue weighted by Crippen LogP contribution is 2.22. The van der Waals surface area contributed by atoms with Gasteiger partial charge in [-0.1, -0.05) is 30.0 Å². The molecule has 13 heavy (non-hydrogen) atoms. The average molecular weight is 204 g/mol. The van der Waals surface area contributed by atoms with Crippen LogP contribution >= 0.6 is 11.8 Å². The summed E-state index contributed by atoms with van der Waals surface area (Å²) in [5.41, 5.74) is 0. The summed E-state index contributed by atoms with van der Waals surface area (Å²) >= 11 is 1.05. The van der Waals surface area contributed by atoms with Crippen molar-refractivity contribution in [1.82, 2.24) is 0 Å². The summed E-state index contributed by atoms with van der Waals surface area (Å²) in [5, 5.41) is 1.04. The molecule has 0 aromatic heterocycles. The van der Waals surface area contributed by atoms with Crippen LogP contribution in [0.1, 0.15) is 0 Å². The molecule has 1 aromatic carbocycles. The van der Waals surface area contributed by atoms with Crippen LogP contribution in [0.15, 0.2) is 46.7 Å². The largest absolute Gasteiger partial charge is 0.410 e. The molecule has 0 aliphatic heterocycles. The minimum Gasteiger partial charge on any atom is -0.167 e. The van der Waals surface area contributed by atoms with Crippen molar-refractivity contribution in [2.45, 2.75) is 11.1 Å². The summed E-state index contributed by atoms with van der Waals surface area (Å²) in [7, 11) is 0. The van der Waals surface area contributed by atoms with Crippen molar-refractivity contribution in [3.63, 3.8) is 0 Å². The molecule has 0 aliphatic carbocycles.